The zero-order chi connectivity index (χ0) is 21.1. The number of hydrogen-bond acceptors (Lipinski definition) is 4. The molecule has 0 unspecified atom stereocenters. The Morgan fingerprint density at radius 3 is 2.48 bits per heavy atom. The number of aromatic nitrogens is 2. The van der Waals surface area contributed by atoms with Crippen LogP contribution in [0.1, 0.15) is 23.0 Å². The summed E-state index contributed by atoms with van der Waals surface area (Å²) in [5.41, 5.74) is 1.79. The predicted molar refractivity (Wildman–Crippen MR) is 114 cm³/mol. The first-order valence-corrected chi connectivity index (χ1v) is 8.92. The average Bonchev–Trinajstić information content (AvgIpc) is 2.68. The number of hydrogen-bond donors (Lipinski definition) is 1. The van der Waals surface area contributed by atoms with Crippen molar-refractivity contribution in [3.05, 3.63) is 101 Å². The van der Waals surface area contributed by atoms with Crippen LogP contribution < -0.4 is 10.7 Å². The van der Waals surface area contributed by atoms with Gasteiger partial charge < -0.3 is 5.32 Å². The Kier molecular flexibility index (Phi) is 5.54. The van der Waals surface area contributed by atoms with Gasteiger partial charge in [0.25, 0.3) is 0 Å². The van der Waals surface area contributed by atoms with Gasteiger partial charge in [0.2, 0.25) is 0 Å². The summed E-state index contributed by atoms with van der Waals surface area (Å²) in [5.74, 6) is -0.950. The Labute approximate surface area is 167 Å². The third kappa shape index (κ3) is 3.91. The van der Waals surface area contributed by atoms with Crippen LogP contribution in [0.3, 0.4) is 0 Å². The molecule has 1 N–H and O–H groups in total. The molecule has 3 aromatic rings. The molecule has 0 aliphatic heterocycles. The highest BCUT2D eigenvalue weighted by molar-refractivity contribution is 5.95. The largest absolute Gasteiger partial charge is 0.341 e. The quantitative estimate of drug-likeness (QED) is 0.490. The number of rotatable bonds is 6. The molecule has 3 rings (SSSR count). The lowest BCUT2D eigenvalue weighted by Crippen LogP contribution is -2.17. The molecule has 0 amide bonds. The van der Waals surface area contributed by atoms with E-state index < -0.39 is 17.0 Å². The van der Waals surface area contributed by atoms with E-state index in [0.717, 1.165) is 11.6 Å². The number of fused-ring (bicyclic) bond motifs is 1. The van der Waals surface area contributed by atoms with Gasteiger partial charge in [-0.1, -0.05) is 36.9 Å². The third-order valence-electron chi connectivity index (χ3n) is 4.36. The Balaban J connectivity index is 2.43. The zero-order valence-corrected chi connectivity index (χ0v) is 16.2. The molecule has 0 saturated carbocycles. The number of anilines is 1. The van der Waals surface area contributed by atoms with Crippen LogP contribution in [0.25, 0.3) is 16.7 Å². The van der Waals surface area contributed by atoms with Gasteiger partial charge in [0.05, 0.1) is 5.39 Å². The fourth-order valence-corrected chi connectivity index (χ4v) is 2.94. The van der Waals surface area contributed by atoms with Crippen molar-refractivity contribution in [3.63, 3.8) is 0 Å². The molecule has 5 nitrogen and oxygen atoms in total. The topological polar surface area (TPSA) is 64.0 Å². The third-order valence-corrected chi connectivity index (χ3v) is 4.36. The van der Waals surface area contributed by atoms with E-state index in [-0.39, 0.29) is 16.7 Å². The van der Waals surface area contributed by atoms with Crippen LogP contribution in [0.2, 0.25) is 0 Å². The second-order valence-corrected chi connectivity index (χ2v) is 6.50. The standard InChI is InChI=1S/C23H20FN3O2/c1-5-7-16(6-2)25-21-13-20(29)18-12-19(24)22(15(4)28)26-23(18)27(21)17-10-8-14(3)9-11-17/h5-13,25H,1-2H2,3-4H3/b16-7+. The molecular formula is C23H20FN3O2. The van der Waals surface area contributed by atoms with Gasteiger partial charge in [-0.15, -0.1) is 0 Å². The van der Waals surface area contributed by atoms with Crippen LogP contribution in [0.5, 0.6) is 0 Å². The van der Waals surface area contributed by atoms with Gasteiger partial charge in [0, 0.05) is 24.4 Å². The summed E-state index contributed by atoms with van der Waals surface area (Å²) in [7, 11) is 0. The highest BCUT2D eigenvalue weighted by atomic mass is 19.1. The van der Waals surface area contributed by atoms with E-state index in [1.165, 1.54) is 13.0 Å². The van der Waals surface area contributed by atoms with Crippen molar-refractivity contribution in [3.8, 4) is 5.69 Å². The van der Waals surface area contributed by atoms with Crippen LogP contribution in [-0.2, 0) is 0 Å². The maximum absolute atomic E-state index is 14.3. The molecule has 0 bridgehead atoms. The number of pyridine rings is 2. The first kappa shape index (κ1) is 19.9. The fourth-order valence-electron chi connectivity index (χ4n) is 2.94. The SMILES string of the molecule is C=C/C=C(\C=C)Nc1cc(=O)c2cc(F)c(C(C)=O)nc2n1-c1ccc(C)cc1. The van der Waals surface area contributed by atoms with Crippen molar-refractivity contribution in [1.82, 2.24) is 9.55 Å². The average molecular weight is 389 g/mol. The molecule has 0 saturated heterocycles. The van der Waals surface area contributed by atoms with Crippen molar-refractivity contribution in [2.24, 2.45) is 0 Å². The van der Waals surface area contributed by atoms with Crippen LogP contribution in [0.4, 0.5) is 10.2 Å². The van der Waals surface area contributed by atoms with E-state index in [1.54, 1.807) is 22.8 Å². The van der Waals surface area contributed by atoms with Crippen molar-refractivity contribution >= 4 is 22.6 Å². The van der Waals surface area contributed by atoms with Gasteiger partial charge in [0.1, 0.15) is 11.5 Å². The number of nitrogens with zero attached hydrogens (tertiary/aromatic N) is 2. The Hall–Kier alpha value is -3.80. The van der Waals surface area contributed by atoms with Gasteiger partial charge in [-0.05, 0) is 37.3 Å². The van der Waals surface area contributed by atoms with E-state index in [1.807, 2.05) is 31.2 Å². The Bertz CT molecular complexity index is 1220. The monoisotopic (exact) mass is 389 g/mol. The van der Waals surface area contributed by atoms with E-state index in [0.29, 0.717) is 17.2 Å². The minimum atomic E-state index is -0.823. The molecule has 6 heteroatoms. The van der Waals surface area contributed by atoms with Crippen LogP contribution in [-0.4, -0.2) is 15.3 Å². The van der Waals surface area contributed by atoms with E-state index >= 15 is 0 Å². The van der Waals surface area contributed by atoms with Crippen LogP contribution >= 0.6 is 0 Å². The molecule has 0 aliphatic carbocycles. The lowest BCUT2D eigenvalue weighted by molar-refractivity contribution is 0.100. The molecule has 0 spiro atoms. The first-order valence-electron chi connectivity index (χ1n) is 8.92. The lowest BCUT2D eigenvalue weighted by Gasteiger charge is -2.18. The summed E-state index contributed by atoms with van der Waals surface area (Å²) in [6.07, 6.45) is 4.86. The predicted octanol–water partition coefficient (Wildman–Crippen LogP) is 4.70. The van der Waals surface area contributed by atoms with Gasteiger partial charge in [0.15, 0.2) is 22.7 Å². The summed E-state index contributed by atoms with van der Waals surface area (Å²) in [6.45, 7) is 10.6. The number of carbonyl (C=O) groups is 1. The van der Waals surface area contributed by atoms with E-state index in [4.69, 9.17) is 0 Å². The summed E-state index contributed by atoms with van der Waals surface area (Å²) >= 11 is 0. The van der Waals surface area contributed by atoms with Crippen LogP contribution in [0, 0.1) is 12.7 Å². The van der Waals surface area contributed by atoms with Crippen LogP contribution in [0.15, 0.2) is 78.3 Å². The minimum absolute atomic E-state index is 0.0754. The van der Waals surface area contributed by atoms with Gasteiger partial charge in [-0.25, -0.2) is 9.37 Å². The Morgan fingerprint density at radius 2 is 1.90 bits per heavy atom. The molecule has 0 radical (unpaired) electrons. The molecule has 1 aromatic carbocycles. The number of benzene rings is 1. The van der Waals surface area contributed by atoms with Gasteiger partial charge >= 0.3 is 0 Å². The highest BCUT2D eigenvalue weighted by Crippen LogP contribution is 2.24. The van der Waals surface area contributed by atoms with E-state index in [2.05, 4.69) is 23.5 Å². The number of allylic oxidation sites excluding steroid dienone is 3. The van der Waals surface area contributed by atoms with E-state index in [9.17, 15) is 14.0 Å². The lowest BCUT2D eigenvalue weighted by atomic mass is 10.1. The summed E-state index contributed by atoms with van der Waals surface area (Å²) in [4.78, 5) is 28.7. The molecule has 0 atom stereocenters. The molecule has 2 aromatic heterocycles. The molecule has 2 heterocycles. The first-order chi connectivity index (χ1) is 13.8. The second kappa shape index (κ2) is 8.06. The molecule has 0 fully saturated rings. The number of Topliss-reactive ketones (excluding diaryl/α,β-unsaturated/α-hetero) is 1. The number of ketones is 1. The van der Waals surface area contributed by atoms with Gasteiger partial charge in [-0.3, -0.25) is 14.2 Å². The minimum Gasteiger partial charge on any atom is -0.341 e. The van der Waals surface area contributed by atoms with Gasteiger partial charge in [-0.2, -0.15) is 0 Å². The highest BCUT2D eigenvalue weighted by Gasteiger charge is 2.18. The molecular weight excluding hydrogens is 369 g/mol. The number of halogens is 1. The molecule has 146 valence electrons. The van der Waals surface area contributed by atoms with Crippen molar-refractivity contribution in [2.75, 3.05) is 5.32 Å². The fraction of sp³-hybridized carbons (Fsp3) is 0.0870. The Morgan fingerprint density at radius 1 is 1.21 bits per heavy atom. The van der Waals surface area contributed by atoms with Crippen molar-refractivity contribution < 1.29 is 9.18 Å². The second-order valence-electron chi connectivity index (χ2n) is 6.50. The normalized spacial score (nSPS) is 11.3. The van der Waals surface area contributed by atoms with Crippen molar-refractivity contribution in [1.29, 1.82) is 0 Å². The molecule has 0 aliphatic rings. The smallest absolute Gasteiger partial charge is 0.193 e. The molecule has 29 heavy (non-hydrogen) atoms. The summed E-state index contributed by atoms with van der Waals surface area (Å²) in [5, 5.41) is 3.20. The maximum Gasteiger partial charge on any atom is 0.193 e. The summed E-state index contributed by atoms with van der Waals surface area (Å²) < 4.78 is 16.0. The number of aryl methyl sites for hydroxylation is 1. The van der Waals surface area contributed by atoms with Crippen molar-refractivity contribution in [2.45, 2.75) is 13.8 Å². The number of nitrogens with one attached hydrogen (secondary N) is 1. The summed E-state index contributed by atoms with van der Waals surface area (Å²) in [6, 6.07) is 9.95. The number of carbonyl (C=O) groups excluding carboxylic acids is 1. The maximum atomic E-state index is 14.3. The zero-order valence-electron chi connectivity index (χ0n) is 16.2.